The van der Waals surface area contributed by atoms with Crippen LogP contribution in [0.15, 0.2) is 0 Å². The van der Waals surface area contributed by atoms with E-state index >= 15 is 0 Å². The molecule has 0 bridgehead atoms. The summed E-state index contributed by atoms with van der Waals surface area (Å²) >= 11 is 0. The summed E-state index contributed by atoms with van der Waals surface area (Å²) in [7, 11) is -3.77. The van der Waals surface area contributed by atoms with Gasteiger partial charge in [0.25, 0.3) is 0 Å². The number of nitrogens with zero attached hydrogens (tertiary/aromatic N) is 1. The summed E-state index contributed by atoms with van der Waals surface area (Å²) in [5.41, 5.74) is 0. The predicted octanol–water partition coefficient (Wildman–Crippen LogP) is 3.43. The van der Waals surface area contributed by atoms with Crippen LogP contribution in [0, 0.1) is 5.92 Å². The maximum Gasteiger partial charge on any atom is 0.673 e. The fraction of sp³-hybridized carbons (Fsp3) is 1.00. The molecule has 0 aromatic rings. The molecule has 6 heteroatoms. The summed E-state index contributed by atoms with van der Waals surface area (Å²) < 4.78 is 39.0. The van der Waals surface area contributed by atoms with Gasteiger partial charge in [0.15, 0.2) is 0 Å². The molecule has 0 saturated carbocycles. The number of likely N-dealkylation sites (tertiary alicyclic amines) is 1. The zero-order valence-electron chi connectivity index (χ0n) is 9.36. The van der Waals surface area contributed by atoms with Crippen LogP contribution in [0.5, 0.6) is 0 Å². The van der Waals surface area contributed by atoms with Crippen LogP contribution in [0.4, 0.5) is 17.3 Å². The van der Waals surface area contributed by atoms with E-state index in [0.29, 0.717) is 0 Å². The largest absolute Gasteiger partial charge is 0.673 e. The first kappa shape index (κ1) is 14.7. The van der Waals surface area contributed by atoms with Crippen molar-refractivity contribution in [3.63, 3.8) is 0 Å². The highest BCUT2D eigenvalue weighted by atomic mass is 19.5. The van der Waals surface area contributed by atoms with Crippen LogP contribution in [0.25, 0.3) is 0 Å². The van der Waals surface area contributed by atoms with Crippen LogP contribution in [-0.2, 0) is 0 Å². The van der Waals surface area contributed by atoms with Crippen molar-refractivity contribution in [2.45, 2.75) is 32.6 Å². The lowest BCUT2D eigenvalue weighted by Gasteiger charge is -2.08. The minimum atomic E-state index is -6.00. The smallest absolute Gasteiger partial charge is 0.418 e. The molecule has 0 amide bonds. The van der Waals surface area contributed by atoms with Gasteiger partial charge in [-0.15, -0.1) is 0 Å². The van der Waals surface area contributed by atoms with Crippen molar-refractivity contribution in [3.05, 3.63) is 0 Å². The van der Waals surface area contributed by atoms with Crippen LogP contribution in [0.2, 0.25) is 0 Å². The van der Waals surface area contributed by atoms with E-state index in [1.54, 1.807) is 0 Å². The topological polar surface area (TPSA) is 3.24 Å². The molecule has 0 spiro atoms. The van der Waals surface area contributed by atoms with Gasteiger partial charge in [-0.3, -0.25) is 0 Å². The Balaban J connectivity index is 0.000000336. The minimum Gasteiger partial charge on any atom is -0.418 e. The Morgan fingerprint density at radius 1 is 1.27 bits per heavy atom. The molecule has 92 valence electrons. The molecule has 1 aliphatic rings. The third-order valence-electron chi connectivity index (χ3n) is 2.45. The molecular formula is C9H19BF4N-. The van der Waals surface area contributed by atoms with E-state index in [-0.39, 0.29) is 0 Å². The van der Waals surface area contributed by atoms with Gasteiger partial charge in [0.1, 0.15) is 0 Å². The molecule has 1 aliphatic heterocycles. The van der Waals surface area contributed by atoms with E-state index in [1.165, 1.54) is 38.8 Å². The molecule has 1 saturated heterocycles. The van der Waals surface area contributed by atoms with Crippen LogP contribution < -0.4 is 0 Å². The Hall–Kier alpha value is -0.255. The number of hydrogen-bond acceptors (Lipinski definition) is 1. The molecular weight excluding hydrogens is 209 g/mol. The SMILES string of the molecule is CCCCC1CCN(C)C1.F[B-](F)(F)F. The molecule has 15 heavy (non-hydrogen) atoms. The van der Waals surface area contributed by atoms with Crippen molar-refractivity contribution in [1.82, 2.24) is 4.90 Å². The normalized spacial score (nSPS) is 22.4. The first-order valence-electron chi connectivity index (χ1n) is 5.38. The summed E-state index contributed by atoms with van der Waals surface area (Å²) in [6.07, 6.45) is 5.69. The van der Waals surface area contributed by atoms with Gasteiger partial charge in [-0.05, 0) is 32.4 Å². The van der Waals surface area contributed by atoms with E-state index in [9.17, 15) is 17.3 Å². The van der Waals surface area contributed by atoms with Crippen molar-refractivity contribution < 1.29 is 17.3 Å². The highest BCUT2D eigenvalue weighted by Gasteiger charge is 2.20. The van der Waals surface area contributed by atoms with E-state index in [2.05, 4.69) is 18.9 Å². The van der Waals surface area contributed by atoms with Gasteiger partial charge in [0.2, 0.25) is 0 Å². The highest BCUT2D eigenvalue weighted by Crippen LogP contribution is 2.19. The fourth-order valence-electron chi connectivity index (χ4n) is 1.75. The van der Waals surface area contributed by atoms with Gasteiger partial charge >= 0.3 is 7.25 Å². The Labute approximate surface area is 88.9 Å². The molecule has 1 rings (SSSR count). The molecule has 0 aromatic heterocycles. The zero-order chi connectivity index (χ0) is 11.9. The second-order valence-electron chi connectivity index (χ2n) is 4.05. The zero-order valence-corrected chi connectivity index (χ0v) is 9.36. The number of rotatable bonds is 3. The van der Waals surface area contributed by atoms with E-state index in [0.717, 1.165) is 5.92 Å². The Morgan fingerprint density at radius 3 is 2.13 bits per heavy atom. The standard InChI is InChI=1S/C9H19N.BF4/c1-3-4-5-9-6-7-10(2)8-9;2-1(3,4)5/h9H,3-8H2,1-2H3;/q;-1. The Bertz CT molecular complexity index is 157. The number of unbranched alkanes of at least 4 members (excludes halogenated alkanes) is 1. The van der Waals surface area contributed by atoms with Crippen molar-refractivity contribution in [3.8, 4) is 0 Å². The summed E-state index contributed by atoms with van der Waals surface area (Å²) in [4.78, 5) is 2.44. The predicted molar refractivity (Wildman–Crippen MR) is 55.3 cm³/mol. The number of halogens is 4. The quantitative estimate of drug-likeness (QED) is 0.528. The van der Waals surface area contributed by atoms with Crippen molar-refractivity contribution in [2.75, 3.05) is 20.1 Å². The first-order chi connectivity index (χ1) is 6.83. The van der Waals surface area contributed by atoms with E-state index in [4.69, 9.17) is 0 Å². The van der Waals surface area contributed by atoms with Gasteiger partial charge < -0.3 is 22.2 Å². The summed E-state index contributed by atoms with van der Waals surface area (Å²) in [6, 6.07) is 0. The summed E-state index contributed by atoms with van der Waals surface area (Å²) in [5, 5.41) is 0. The number of hydrogen-bond donors (Lipinski definition) is 0. The lowest BCUT2D eigenvalue weighted by Crippen LogP contribution is -2.13. The van der Waals surface area contributed by atoms with Crippen molar-refractivity contribution in [1.29, 1.82) is 0 Å². The molecule has 1 unspecified atom stereocenters. The fourth-order valence-corrected chi connectivity index (χ4v) is 1.75. The van der Waals surface area contributed by atoms with Crippen molar-refractivity contribution in [2.24, 2.45) is 5.92 Å². The lowest BCUT2D eigenvalue weighted by molar-refractivity contribution is 0.368. The maximum absolute atomic E-state index is 9.75. The molecule has 1 atom stereocenters. The van der Waals surface area contributed by atoms with Gasteiger partial charge in [0.05, 0.1) is 0 Å². The van der Waals surface area contributed by atoms with Crippen LogP contribution in [0.1, 0.15) is 32.6 Å². The van der Waals surface area contributed by atoms with Gasteiger partial charge in [-0.1, -0.05) is 19.8 Å². The molecule has 0 aliphatic carbocycles. The monoisotopic (exact) mass is 228 g/mol. The molecule has 1 nitrogen and oxygen atoms in total. The van der Waals surface area contributed by atoms with Gasteiger partial charge in [-0.2, -0.15) is 0 Å². The Morgan fingerprint density at radius 2 is 1.80 bits per heavy atom. The van der Waals surface area contributed by atoms with Crippen LogP contribution in [0.3, 0.4) is 0 Å². The molecule has 0 radical (unpaired) electrons. The average molecular weight is 228 g/mol. The summed E-state index contributed by atoms with van der Waals surface area (Å²) in [5.74, 6) is 1.02. The summed E-state index contributed by atoms with van der Waals surface area (Å²) in [6.45, 7) is 4.95. The van der Waals surface area contributed by atoms with Crippen molar-refractivity contribution >= 4 is 7.25 Å². The Kier molecular flexibility index (Phi) is 6.97. The molecule has 1 heterocycles. The van der Waals surface area contributed by atoms with Crippen LogP contribution in [-0.4, -0.2) is 32.3 Å². The minimum absolute atomic E-state index is 1.02. The van der Waals surface area contributed by atoms with E-state index in [1.807, 2.05) is 0 Å². The average Bonchev–Trinajstić information content (AvgIpc) is 2.45. The third-order valence-corrected chi connectivity index (χ3v) is 2.45. The molecule has 0 N–H and O–H groups in total. The van der Waals surface area contributed by atoms with Gasteiger partial charge in [0, 0.05) is 6.54 Å². The molecule has 0 aromatic carbocycles. The highest BCUT2D eigenvalue weighted by molar-refractivity contribution is 6.50. The van der Waals surface area contributed by atoms with Crippen LogP contribution >= 0.6 is 0 Å². The molecule has 1 fully saturated rings. The second kappa shape index (κ2) is 7.09. The lowest BCUT2D eigenvalue weighted by atomic mass is 10.0. The second-order valence-corrected chi connectivity index (χ2v) is 4.05. The maximum atomic E-state index is 9.75. The van der Waals surface area contributed by atoms with E-state index < -0.39 is 7.25 Å². The third kappa shape index (κ3) is 11.7. The first-order valence-corrected chi connectivity index (χ1v) is 5.38. The van der Waals surface area contributed by atoms with Gasteiger partial charge in [-0.25, -0.2) is 0 Å².